The zero-order valence-corrected chi connectivity index (χ0v) is 21.3. The maximum atomic E-state index is 13.6. The molecule has 0 saturated carbocycles. The average Bonchev–Trinajstić information content (AvgIpc) is 3.41. The van der Waals surface area contributed by atoms with Crippen molar-refractivity contribution in [2.24, 2.45) is 5.73 Å². The number of nitrogens with zero attached hydrogens (tertiary/aromatic N) is 1. The van der Waals surface area contributed by atoms with E-state index in [0.29, 0.717) is 25.9 Å². The fraction of sp³-hybridized carbons (Fsp3) is 0.464. The minimum absolute atomic E-state index is 0.186. The van der Waals surface area contributed by atoms with Gasteiger partial charge in [-0.2, -0.15) is 0 Å². The van der Waals surface area contributed by atoms with Crippen molar-refractivity contribution >= 4 is 17.7 Å². The van der Waals surface area contributed by atoms with Gasteiger partial charge in [-0.15, -0.1) is 0 Å². The molecule has 0 aliphatic carbocycles. The predicted molar refractivity (Wildman–Crippen MR) is 141 cm³/mol. The Labute approximate surface area is 214 Å². The van der Waals surface area contributed by atoms with Crippen LogP contribution in [-0.2, 0) is 14.4 Å². The molecule has 2 aromatic rings. The summed E-state index contributed by atoms with van der Waals surface area (Å²) in [5.74, 6) is -0.636. The molecule has 3 rings (SSSR count). The lowest BCUT2D eigenvalue weighted by Crippen LogP contribution is -2.55. The van der Waals surface area contributed by atoms with Crippen molar-refractivity contribution in [2.45, 2.75) is 63.2 Å². The van der Waals surface area contributed by atoms with Gasteiger partial charge in [0.15, 0.2) is 0 Å². The van der Waals surface area contributed by atoms with Crippen LogP contribution in [0.5, 0.6) is 0 Å². The first-order chi connectivity index (χ1) is 17.5. The van der Waals surface area contributed by atoms with Crippen LogP contribution in [0.4, 0.5) is 0 Å². The van der Waals surface area contributed by atoms with Crippen LogP contribution >= 0.6 is 0 Å². The molecule has 3 amide bonds. The van der Waals surface area contributed by atoms with E-state index in [4.69, 9.17) is 5.73 Å². The Hall–Kier alpha value is -3.23. The molecule has 0 unspecified atom stereocenters. The molecule has 0 aromatic heterocycles. The Morgan fingerprint density at radius 3 is 2.14 bits per heavy atom. The molecule has 36 heavy (non-hydrogen) atoms. The van der Waals surface area contributed by atoms with Gasteiger partial charge in [-0.05, 0) is 63.7 Å². The highest BCUT2D eigenvalue weighted by atomic mass is 16.2. The van der Waals surface area contributed by atoms with Gasteiger partial charge in [0, 0.05) is 6.54 Å². The molecule has 1 saturated heterocycles. The summed E-state index contributed by atoms with van der Waals surface area (Å²) in [5, 5.41) is 8.98. The number of hydrogen-bond acceptors (Lipinski definition) is 5. The number of amides is 3. The third-order valence-electron chi connectivity index (χ3n) is 6.78. The lowest BCUT2D eigenvalue weighted by Gasteiger charge is -2.30. The van der Waals surface area contributed by atoms with Crippen LogP contribution in [0.15, 0.2) is 60.7 Å². The van der Waals surface area contributed by atoms with E-state index in [1.165, 1.54) is 0 Å². The van der Waals surface area contributed by atoms with Gasteiger partial charge in [0.2, 0.25) is 17.7 Å². The van der Waals surface area contributed by atoms with Crippen LogP contribution in [0, 0.1) is 0 Å². The summed E-state index contributed by atoms with van der Waals surface area (Å²) in [6.45, 7) is 2.76. The van der Waals surface area contributed by atoms with E-state index < -0.39 is 18.1 Å². The Balaban J connectivity index is 1.77. The van der Waals surface area contributed by atoms with Crippen LogP contribution in [0.25, 0.3) is 0 Å². The number of unbranched alkanes of at least 4 members (excludes halogenated alkanes) is 1. The summed E-state index contributed by atoms with van der Waals surface area (Å²) in [6.07, 6.45) is 3.29. The topological polar surface area (TPSA) is 117 Å². The summed E-state index contributed by atoms with van der Waals surface area (Å²) in [7, 11) is 1.70. The second-order valence-corrected chi connectivity index (χ2v) is 9.31. The van der Waals surface area contributed by atoms with Crippen molar-refractivity contribution in [1.29, 1.82) is 0 Å². The van der Waals surface area contributed by atoms with E-state index in [-0.39, 0.29) is 23.8 Å². The number of benzene rings is 2. The monoisotopic (exact) mass is 493 g/mol. The number of nitrogens with two attached hydrogens (primary N) is 1. The Bertz CT molecular complexity index is 946. The summed E-state index contributed by atoms with van der Waals surface area (Å²) in [5.41, 5.74) is 7.59. The zero-order valence-electron chi connectivity index (χ0n) is 21.3. The molecule has 1 aliphatic heterocycles. The van der Waals surface area contributed by atoms with E-state index in [9.17, 15) is 14.4 Å². The zero-order chi connectivity index (χ0) is 25.9. The fourth-order valence-corrected chi connectivity index (χ4v) is 4.57. The van der Waals surface area contributed by atoms with Gasteiger partial charge < -0.3 is 26.6 Å². The Morgan fingerprint density at radius 1 is 0.972 bits per heavy atom. The molecule has 2 aromatic carbocycles. The minimum atomic E-state index is -0.688. The van der Waals surface area contributed by atoms with E-state index in [1.54, 1.807) is 18.9 Å². The van der Waals surface area contributed by atoms with Crippen molar-refractivity contribution in [3.63, 3.8) is 0 Å². The van der Waals surface area contributed by atoms with E-state index in [1.807, 2.05) is 60.7 Å². The summed E-state index contributed by atoms with van der Waals surface area (Å²) >= 11 is 0. The van der Waals surface area contributed by atoms with Crippen LogP contribution in [0.3, 0.4) is 0 Å². The largest absolute Gasteiger partial charge is 0.343 e. The molecular weight excluding hydrogens is 454 g/mol. The number of nitrogens with one attached hydrogen (secondary N) is 3. The van der Waals surface area contributed by atoms with Gasteiger partial charge in [-0.1, -0.05) is 60.7 Å². The minimum Gasteiger partial charge on any atom is -0.343 e. The molecule has 1 fully saturated rings. The van der Waals surface area contributed by atoms with Crippen molar-refractivity contribution in [3.05, 3.63) is 71.8 Å². The number of likely N-dealkylation sites (N-methyl/N-ethyl adjacent to an activating group) is 1. The lowest BCUT2D eigenvalue weighted by atomic mass is 9.98. The first kappa shape index (κ1) is 27.4. The average molecular weight is 494 g/mol. The number of likely N-dealkylation sites (tertiary alicyclic amines) is 1. The van der Waals surface area contributed by atoms with Crippen LogP contribution in [0.2, 0.25) is 0 Å². The van der Waals surface area contributed by atoms with Crippen molar-refractivity contribution in [3.8, 4) is 0 Å². The van der Waals surface area contributed by atoms with E-state index in [2.05, 4.69) is 16.0 Å². The smallest absolute Gasteiger partial charge is 0.245 e. The van der Waals surface area contributed by atoms with Gasteiger partial charge >= 0.3 is 0 Å². The van der Waals surface area contributed by atoms with E-state index in [0.717, 1.165) is 30.4 Å². The predicted octanol–water partition coefficient (Wildman–Crippen LogP) is 2.10. The van der Waals surface area contributed by atoms with Crippen molar-refractivity contribution in [1.82, 2.24) is 20.9 Å². The molecule has 1 heterocycles. The molecule has 5 N–H and O–H groups in total. The molecule has 0 radical (unpaired) electrons. The summed E-state index contributed by atoms with van der Waals surface area (Å²) < 4.78 is 0. The van der Waals surface area contributed by atoms with Crippen molar-refractivity contribution in [2.75, 3.05) is 20.1 Å². The van der Waals surface area contributed by atoms with Gasteiger partial charge in [0.05, 0.1) is 12.1 Å². The normalized spacial score (nSPS) is 17.0. The standard InChI is InChI=1S/C28H39N5O3/c1-20(30-2)26(34)31-23(16-9-10-18-29)28(36)33-19-11-17-24(33)27(35)32-25(21-12-5-3-6-13-21)22-14-7-4-8-15-22/h3-8,12-15,20,23-25,30H,9-11,16-19,29H2,1-2H3,(H,31,34)(H,32,35)/t20-,23-,24-/m0/s1. The Morgan fingerprint density at radius 2 is 1.58 bits per heavy atom. The molecular formula is C28H39N5O3. The SMILES string of the molecule is CN[C@@H](C)C(=O)N[C@@H](CCCCN)C(=O)N1CCC[C@H]1C(=O)NC(c1ccccc1)c1ccccc1. The Kier molecular flexibility index (Phi) is 10.5. The number of rotatable bonds is 12. The maximum absolute atomic E-state index is 13.6. The molecule has 8 heteroatoms. The summed E-state index contributed by atoms with van der Waals surface area (Å²) in [6, 6.07) is 17.6. The number of carbonyl (C=O) groups is 3. The second kappa shape index (κ2) is 13.8. The fourth-order valence-electron chi connectivity index (χ4n) is 4.57. The highest BCUT2D eigenvalue weighted by Gasteiger charge is 2.38. The maximum Gasteiger partial charge on any atom is 0.245 e. The molecule has 1 aliphatic rings. The molecule has 0 bridgehead atoms. The first-order valence-corrected chi connectivity index (χ1v) is 12.8. The van der Waals surface area contributed by atoms with Crippen molar-refractivity contribution < 1.29 is 14.4 Å². The molecule has 3 atom stereocenters. The van der Waals surface area contributed by atoms with Gasteiger partial charge in [-0.3, -0.25) is 14.4 Å². The van der Waals surface area contributed by atoms with Gasteiger partial charge in [0.25, 0.3) is 0 Å². The molecule has 8 nitrogen and oxygen atoms in total. The van der Waals surface area contributed by atoms with Crippen LogP contribution in [0.1, 0.15) is 56.2 Å². The molecule has 0 spiro atoms. The number of hydrogen-bond donors (Lipinski definition) is 4. The first-order valence-electron chi connectivity index (χ1n) is 12.8. The lowest BCUT2D eigenvalue weighted by molar-refractivity contribution is -0.142. The second-order valence-electron chi connectivity index (χ2n) is 9.31. The molecule has 194 valence electrons. The summed E-state index contributed by atoms with van der Waals surface area (Å²) in [4.78, 5) is 41.4. The van der Waals surface area contributed by atoms with Gasteiger partial charge in [-0.25, -0.2) is 0 Å². The number of carbonyl (C=O) groups excluding carboxylic acids is 3. The van der Waals surface area contributed by atoms with Crippen LogP contribution < -0.4 is 21.7 Å². The highest BCUT2D eigenvalue weighted by molar-refractivity contribution is 5.93. The van der Waals surface area contributed by atoms with Gasteiger partial charge in [0.1, 0.15) is 12.1 Å². The quantitative estimate of drug-likeness (QED) is 0.338. The third-order valence-corrected chi connectivity index (χ3v) is 6.78. The van der Waals surface area contributed by atoms with E-state index >= 15 is 0 Å². The third kappa shape index (κ3) is 7.15. The highest BCUT2D eigenvalue weighted by Crippen LogP contribution is 2.25. The van der Waals surface area contributed by atoms with Crippen LogP contribution in [-0.4, -0.2) is 60.9 Å².